The van der Waals surface area contributed by atoms with Gasteiger partial charge in [0, 0.05) is 12.6 Å². The van der Waals surface area contributed by atoms with Crippen LogP contribution >= 0.6 is 12.2 Å². The van der Waals surface area contributed by atoms with Crippen LogP contribution in [0.3, 0.4) is 0 Å². The summed E-state index contributed by atoms with van der Waals surface area (Å²) in [5.74, 6) is 0.549. The monoisotopic (exact) mass is 372 g/mol. The van der Waals surface area contributed by atoms with Crippen molar-refractivity contribution in [3.8, 4) is 5.75 Å². The largest absolute Gasteiger partial charge is 0.495 e. The summed E-state index contributed by atoms with van der Waals surface area (Å²) in [5.41, 5.74) is 1.92. The highest BCUT2D eigenvalue weighted by molar-refractivity contribution is 7.80. The zero-order valence-corrected chi connectivity index (χ0v) is 15.9. The van der Waals surface area contributed by atoms with E-state index in [0.29, 0.717) is 17.7 Å². The maximum atomic E-state index is 13.2. The number of benzene rings is 2. The Morgan fingerprint density at radius 1 is 1.12 bits per heavy atom. The van der Waals surface area contributed by atoms with Crippen LogP contribution in [0.25, 0.3) is 0 Å². The number of hydrogen-bond acceptors (Lipinski definition) is 2. The molecule has 1 saturated carbocycles. The number of anilines is 1. The fourth-order valence-electron chi connectivity index (χ4n) is 3.48. The van der Waals surface area contributed by atoms with E-state index >= 15 is 0 Å². The SMILES string of the molecule is COc1ccccc1NC(=S)N(Cc1ccc(F)cc1)C1CCCCC1. The zero-order chi connectivity index (χ0) is 18.4. The molecule has 2 aromatic rings. The minimum atomic E-state index is -0.215. The molecule has 2 aromatic carbocycles. The summed E-state index contributed by atoms with van der Waals surface area (Å²) in [6.07, 6.45) is 6.00. The number of thiocarbonyl (C=S) groups is 1. The predicted octanol–water partition coefficient (Wildman–Crippen LogP) is 5.37. The molecule has 0 atom stereocenters. The molecular weight excluding hydrogens is 347 g/mol. The van der Waals surface area contributed by atoms with Crippen LogP contribution in [0.1, 0.15) is 37.7 Å². The smallest absolute Gasteiger partial charge is 0.174 e. The van der Waals surface area contributed by atoms with Crippen molar-refractivity contribution in [1.82, 2.24) is 4.90 Å². The first-order valence-electron chi connectivity index (χ1n) is 9.12. The van der Waals surface area contributed by atoms with Gasteiger partial charge in [-0.1, -0.05) is 43.5 Å². The Labute approximate surface area is 160 Å². The lowest BCUT2D eigenvalue weighted by atomic mass is 9.94. The molecule has 0 aliphatic heterocycles. The third-order valence-electron chi connectivity index (χ3n) is 4.89. The Bertz CT molecular complexity index is 729. The van der Waals surface area contributed by atoms with Crippen molar-refractivity contribution in [1.29, 1.82) is 0 Å². The van der Waals surface area contributed by atoms with E-state index in [1.807, 2.05) is 36.4 Å². The van der Waals surface area contributed by atoms with Crippen LogP contribution in [0.5, 0.6) is 5.75 Å². The first kappa shape index (κ1) is 18.6. The maximum absolute atomic E-state index is 13.2. The summed E-state index contributed by atoms with van der Waals surface area (Å²) in [7, 11) is 1.65. The summed E-state index contributed by atoms with van der Waals surface area (Å²) >= 11 is 5.76. The Balaban J connectivity index is 1.79. The van der Waals surface area contributed by atoms with Crippen molar-refractivity contribution >= 4 is 23.0 Å². The fraction of sp³-hybridized carbons (Fsp3) is 0.381. The number of nitrogens with zero attached hydrogens (tertiary/aromatic N) is 1. The number of para-hydroxylation sites is 2. The summed E-state index contributed by atoms with van der Waals surface area (Å²) in [6, 6.07) is 14.8. The van der Waals surface area contributed by atoms with Crippen molar-refractivity contribution in [3.63, 3.8) is 0 Å². The molecule has 1 N–H and O–H groups in total. The molecule has 3 nitrogen and oxygen atoms in total. The number of hydrogen-bond donors (Lipinski definition) is 1. The molecule has 0 aromatic heterocycles. The van der Waals surface area contributed by atoms with Gasteiger partial charge in [0.2, 0.25) is 0 Å². The van der Waals surface area contributed by atoms with Crippen LogP contribution in [-0.2, 0) is 6.54 Å². The molecule has 1 fully saturated rings. The number of rotatable bonds is 5. The second-order valence-electron chi connectivity index (χ2n) is 6.68. The van der Waals surface area contributed by atoms with Gasteiger partial charge in [-0.2, -0.15) is 0 Å². The van der Waals surface area contributed by atoms with Crippen LogP contribution in [0.4, 0.5) is 10.1 Å². The first-order valence-corrected chi connectivity index (χ1v) is 9.53. The highest BCUT2D eigenvalue weighted by Gasteiger charge is 2.24. The first-order chi connectivity index (χ1) is 12.7. The van der Waals surface area contributed by atoms with E-state index in [9.17, 15) is 4.39 Å². The third-order valence-corrected chi connectivity index (χ3v) is 5.23. The van der Waals surface area contributed by atoms with Gasteiger partial charge in [-0.15, -0.1) is 0 Å². The van der Waals surface area contributed by atoms with E-state index in [2.05, 4.69) is 10.2 Å². The van der Waals surface area contributed by atoms with Gasteiger partial charge in [0.25, 0.3) is 0 Å². The minimum absolute atomic E-state index is 0.215. The van der Waals surface area contributed by atoms with Crippen molar-refractivity contribution in [2.24, 2.45) is 0 Å². The molecular formula is C21H25FN2OS. The molecule has 0 spiro atoms. The normalized spacial score (nSPS) is 14.7. The Hall–Kier alpha value is -2.14. The lowest BCUT2D eigenvalue weighted by Crippen LogP contribution is -2.43. The molecule has 0 amide bonds. The number of methoxy groups -OCH3 is 1. The van der Waals surface area contributed by atoms with Crippen molar-refractivity contribution in [2.75, 3.05) is 12.4 Å². The van der Waals surface area contributed by atoms with Crippen LogP contribution in [0, 0.1) is 5.82 Å². The molecule has 1 aliphatic carbocycles. The van der Waals surface area contributed by atoms with E-state index < -0.39 is 0 Å². The van der Waals surface area contributed by atoms with Crippen molar-refractivity contribution in [3.05, 3.63) is 59.9 Å². The average molecular weight is 373 g/mol. The summed E-state index contributed by atoms with van der Waals surface area (Å²) in [5, 5.41) is 4.03. The molecule has 0 bridgehead atoms. The van der Waals surface area contributed by atoms with Crippen LogP contribution in [-0.4, -0.2) is 23.2 Å². The quantitative estimate of drug-likeness (QED) is 0.714. The molecule has 26 heavy (non-hydrogen) atoms. The Kier molecular flexibility index (Phi) is 6.45. The van der Waals surface area contributed by atoms with Gasteiger partial charge in [0.15, 0.2) is 5.11 Å². The van der Waals surface area contributed by atoms with Crippen molar-refractivity contribution < 1.29 is 9.13 Å². The lowest BCUT2D eigenvalue weighted by molar-refractivity contribution is 0.240. The highest BCUT2D eigenvalue weighted by Crippen LogP contribution is 2.27. The number of halogens is 1. The van der Waals surface area contributed by atoms with Gasteiger partial charge in [0.05, 0.1) is 12.8 Å². The molecule has 5 heteroatoms. The van der Waals surface area contributed by atoms with Gasteiger partial charge < -0.3 is 15.0 Å². The Morgan fingerprint density at radius 2 is 1.81 bits per heavy atom. The summed E-state index contributed by atoms with van der Waals surface area (Å²) < 4.78 is 18.7. The highest BCUT2D eigenvalue weighted by atomic mass is 32.1. The van der Waals surface area contributed by atoms with Gasteiger partial charge in [-0.05, 0) is 54.9 Å². The van der Waals surface area contributed by atoms with E-state index in [1.54, 1.807) is 7.11 Å². The third kappa shape index (κ3) is 4.73. The summed E-state index contributed by atoms with van der Waals surface area (Å²) in [4.78, 5) is 2.24. The second kappa shape index (κ2) is 8.99. The number of nitrogens with one attached hydrogen (secondary N) is 1. The van der Waals surface area contributed by atoms with E-state index in [-0.39, 0.29) is 5.82 Å². The lowest BCUT2D eigenvalue weighted by Gasteiger charge is -2.36. The van der Waals surface area contributed by atoms with E-state index in [1.165, 1.54) is 31.4 Å². The molecule has 1 aliphatic rings. The minimum Gasteiger partial charge on any atom is -0.495 e. The molecule has 0 saturated heterocycles. The van der Waals surface area contributed by atoms with Gasteiger partial charge in [-0.3, -0.25) is 0 Å². The van der Waals surface area contributed by atoms with Crippen LogP contribution in [0.2, 0.25) is 0 Å². The van der Waals surface area contributed by atoms with Crippen LogP contribution in [0.15, 0.2) is 48.5 Å². The molecule has 0 radical (unpaired) electrons. The molecule has 138 valence electrons. The van der Waals surface area contributed by atoms with Crippen LogP contribution < -0.4 is 10.1 Å². The topological polar surface area (TPSA) is 24.5 Å². The molecule has 3 rings (SSSR count). The number of ether oxygens (including phenoxy) is 1. The standard InChI is InChI=1S/C21H25FN2OS/c1-25-20-10-6-5-9-19(20)23-21(26)24(18-7-3-2-4-8-18)15-16-11-13-17(22)14-12-16/h5-6,9-14,18H,2-4,7-8,15H2,1H3,(H,23,26). The molecule has 0 heterocycles. The van der Waals surface area contributed by atoms with Gasteiger partial charge >= 0.3 is 0 Å². The molecule has 0 unspecified atom stereocenters. The average Bonchev–Trinajstić information content (AvgIpc) is 2.68. The predicted molar refractivity (Wildman–Crippen MR) is 108 cm³/mol. The summed E-state index contributed by atoms with van der Waals surface area (Å²) in [6.45, 7) is 0.673. The Morgan fingerprint density at radius 3 is 2.50 bits per heavy atom. The van der Waals surface area contributed by atoms with E-state index in [4.69, 9.17) is 17.0 Å². The van der Waals surface area contributed by atoms with Crippen molar-refractivity contribution in [2.45, 2.75) is 44.7 Å². The van der Waals surface area contributed by atoms with E-state index in [0.717, 1.165) is 29.8 Å². The maximum Gasteiger partial charge on any atom is 0.174 e. The fourth-order valence-corrected chi connectivity index (χ4v) is 3.80. The zero-order valence-electron chi connectivity index (χ0n) is 15.1. The second-order valence-corrected chi connectivity index (χ2v) is 7.06. The van der Waals surface area contributed by atoms with Gasteiger partial charge in [0.1, 0.15) is 11.6 Å². The van der Waals surface area contributed by atoms with Gasteiger partial charge in [-0.25, -0.2) is 4.39 Å².